The van der Waals surface area contributed by atoms with Crippen LogP contribution in [0, 0.1) is 10.1 Å². The molecule has 0 heterocycles. The number of nitro groups is 1. The maximum Gasteiger partial charge on any atom is 0.291 e. The van der Waals surface area contributed by atoms with Gasteiger partial charge in [-0.25, -0.2) is 8.42 Å². The number of aliphatic hydroxyl groups is 1. The van der Waals surface area contributed by atoms with Crippen molar-refractivity contribution >= 4 is 21.4 Å². The summed E-state index contributed by atoms with van der Waals surface area (Å²) in [6.07, 6.45) is -0.870. The largest absolute Gasteiger partial charge is 0.392 e. The van der Waals surface area contributed by atoms with Crippen LogP contribution in [0.3, 0.4) is 0 Å². The van der Waals surface area contributed by atoms with Crippen molar-refractivity contribution in [2.45, 2.75) is 24.8 Å². The number of aliphatic hydroxyl groups excluding tert-OH is 1. The van der Waals surface area contributed by atoms with E-state index in [-0.39, 0.29) is 6.54 Å². The second-order valence-corrected chi connectivity index (χ2v) is 6.62. The quantitative estimate of drug-likeness (QED) is 0.573. The number of nitrogens with zero attached hydrogens (tertiary/aromatic N) is 2. The molecule has 0 bridgehead atoms. The molecule has 0 saturated heterocycles. The molecule has 0 aliphatic heterocycles. The van der Waals surface area contributed by atoms with E-state index in [9.17, 15) is 23.6 Å². The zero-order valence-electron chi connectivity index (χ0n) is 12.1. The van der Waals surface area contributed by atoms with Gasteiger partial charge in [-0.2, -0.15) is 4.31 Å². The Labute approximate surface area is 123 Å². The fourth-order valence-electron chi connectivity index (χ4n) is 1.83. The van der Waals surface area contributed by atoms with Gasteiger partial charge in [-0.15, -0.1) is 0 Å². The number of nitrogens with one attached hydrogen (secondary N) is 1. The number of rotatable bonds is 7. The van der Waals surface area contributed by atoms with Gasteiger partial charge in [-0.1, -0.05) is 0 Å². The van der Waals surface area contributed by atoms with E-state index in [4.69, 9.17) is 0 Å². The molecule has 0 radical (unpaired) electrons. The first-order chi connectivity index (χ1) is 9.70. The van der Waals surface area contributed by atoms with E-state index in [1.165, 1.54) is 32.2 Å². The molecule has 1 aromatic carbocycles. The summed E-state index contributed by atoms with van der Waals surface area (Å²) in [5, 5.41) is 23.3. The van der Waals surface area contributed by atoms with Gasteiger partial charge in [0.2, 0.25) is 10.0 Å². The molecule has 0 aromatic heterocycles. The Morgan fingerprint density at radius 2 is 2.10 bits per heavy atom. The Morgan fingerprint density at radius 1 is 1.48 bits per heavy atom. The van der Waals surface area contributed by atoms with Crippen molar-refractivity contribution < 1.29 is 18.4 Å². The predicted octanol–water partition coefficient (Wildman–Crippen LogP) is 1.03. The van der Waals surface area contributed by atoms with Gasteiger partial charge in [0, 0.05) is 31.9 Å². The van der Waals surface area contributed by atoms with Crippen molar-refractivity contribution in [3.05, 3.63) is 28.3 Å². The minimum Gasteiger partial charge on any atom is -0.392 e. The molecule has 8 nitrogen and oxygen atoms in total. The zero-order chi connectivity index (χ0) is 16.2. The van der Waals surface area contributed by atoms with E-state index in [0.717, 1.165) is 4.31 Å². The van der Waals surface area contributed by atoms with E-state index in [1.54, 1.807) is 0 Å². The second-order valence-electron chi connectivity index (χ2n) is 4.60. The summed E-state index contributed by atoms with van der Waals surface area (Å²) in [6, 6.07) is 3.86. The van der Waals surface area contributed by atoms with E-state index in [2.05, 4.69) is 5.32 Å². The van der Waals surface area contributed by atoms with Gasteiger partial charge < -0.3 is 10.4 Å². The number of nitro benzene ring substituents is 1. The minimum absolute atomic E-state index is 0.144. The fourth-order valence-corrected chi connectivity index (χ4v) is 3.22. The molecule has 0 spiro atoms. The molecule has 21 heavy (non-hydrogen) atoms. The lowest BCUT2D eigenvalue weighted by Gasteiger charge is -2.18. The molecule has 0 amide bonds. The zero-order valence-corrected chi connectivity index (χ0v) is 12.9. The Morgan fingerprint density at radius 3 is 2.57 bits per heavy atom. The average Bonchev–Trinajstić information content (AvgIpc) is 2.37. The first kappa shape index (κ1) is 17.3. The lowest BCUT2D eigenvalue weighted by molar-refractivity contribution is -0.387. The van der Waals surface area contributed by atoms with Gasteiger partial charge >= 0.3 is 0 Å². The van der Waals surface area contributed by atoms with E-state index < -0.39 is 31.6 Å². The number of anilines is 1. The Hall–Kier alpha value is -1.71. The Kier molecular flexibility index (Phi) is 5.64. The summed E-state index contributed by atoms with van der Waals surface area (Å²) < 4.78 is 25.6. The first-order valence-electron chi connectivity index (χ1n) is 6.36. The smallest absolute Gasteiger partial charge is 0.291 e. The van der Waals surface area contributed by atoms with Crippen molar-refractivity contribution in [1.82, 2.24) is 4.31 Å². The van der Waals surface area contributed by atoms with Crippen molar-refractivity contribution in [2.24, 2.45) is 0 Å². The average molecular weight is 317 g/mol. The number of hydrogen-bond donors (Lipinski definition) is 2. The third kappa shape index (κ3) is 4.13. The number of likely N-dealkylation sites (N-methyl/N-ethyl adjacent to an activating group) is 1. The molecular weight excluding hydrogens is 298 g/mol. The van der Waals surface area contributed by atoms with Crippen molar-refractivity contribution in [1.29, 1.82) is 0 Å². The van der Waals surface area contributed by atoms with Crippen molar-refractivity contribution in [3.63, 3.8) is 0 Å². The summed E-state index contributed by atoms with van der Waals surface area (Å²) >= 11 is 0. The Balaban J connectivity index is 3.31. The molecule has 9 heteroatoms. The van der Waals surface area contributed by atoms with Crippen molar-refractivity contribution in [2.75, 3.05) is 25.5 Å². The molecule has 0 aliphatic carbocycles. The van der Waals surface area contributed by atoms with Crippen LogP contribution in [0.4, 0.5) is 11.4 Å². The number of sulfonamides is 1. The highest BCUT2D eigenvalue weighted by Gasteiger charge is 2.30. The third-order valence-electron chi connectivity index (χ3n) is 2.75. The van der Waals surface area contributed by atoms with E-state index >= 15 is 0 Å². The van der Waals surface area contributed by atoms with Crippen LogP contribution in [-0.4, -0.2) is 49.0 Å². The van der Waals surface area contributed by atoms with Gasteiger partial charge in [0.25, 0.3) is 5.69 Å². The maximum atomic E-state index is 12.4. The monoisotopic (exact) mass is 317 g/mol. The predicted molar refractivity (Wildman–Crippen MR) is 78.8 cm³/mol. The molecule has 1 atom stereocenters. The molecular formula is C12H19N3O5S. The molecule has 1 aromatic rings. The highest BCUT2D eigenvalue weighted by Crippen LogP contribution is 2.29. The third-order valence-corrected chi connectivity index (χ3v) is 4.62. The van der Waals surface area contributed by atoms with Crippen LogP contribution in [0.1, 0.15) is 13.8 Å². The molecule has 118 valence electrons. The van der Waals surface area contributed by atoms with Gasteiger partial charge in [-0.3, -0.25) is 10.1 Å². The standard InChI is InChI=1S/C12H19N3O5S/c1-4-13-10-5-6-12(11(7-10)15(17)18)21(19,20)14(3)8-9(2)16/h5-7,9,13,16H,4,8H2,1-3H3. The van der Waals surface area contributed by atoms with Crippen LogP contribution < -0.4 is 5.32 Å². The molecule has 1 rings (SSSR count). The van der Waals surface area contributed by atoms with Crippen molar-refractivity contribution in [3.8, 4) is 0 Å². The van der Waals surface area contributed by atoms with E-state index in [1.807, 2.05) is 6.92 Å². The summed E-state index contributed by atoms with van der Waals surface area (Å²) in [7, 11) is -2.77. The Bertz CT molecular complexity index is 615. The molecule has 0 fully saturated rings. The summed E-state index contributed by atoms with van der Waals surface area (Å²) in [6.45, 7) is 3.68. The van der Waals surface area contributed by atoms with Crippen LogP contribution >= 0.6 is 0 Å². The van der Waals surface area contributed by atoms with Crippen LogP contribution in [0.15, 0.2) is 23.1 Å². The minimum atomic E-state index is -4.04. The van der Waals surface area contributed by atoms with Gasteiger partial charge in [0.1, 0.15) is 0 Å². The SMILES string of the molecule is CCNc1ccc(S(=O)(=O)N(C)CC(C)O)c([N+](=O)[O-])c1. The number of hydrogen-bond acceptors (Lipinski definition) is 6. The highest BCUT2D eigenvalue weighted by atomic mass is 32.2. The lowest BCUT2D eigenvalue weighted by atomic mass is 10.3. The second kappa shape index (κ2) is 6.83. The fraction of sp³-hybridized carbons (Fsp3) is 0.500. The lowest BCUT2D eigenvalue weighted by Crippen LogP contribution is -2.33. The van der Waals surface area contributed by atoms with Crippen LogP contribution in [0.2, 0.25) is 0 Å². The van der Waals surface area contributed by atoms with Crippen LogP contribution in [-0.2, 0) is 10.0 Å². The molecule has 2 N–H and O–H groups in total. The molecule has 1 unspecified atom stereocenters. The highest BCUT2D eigenvalue weighted by molar-refractivity contribution is 7.89. The molecule has 0 saturated carbocycles. The van der Waals surface area contributed by atoms with Gasteiger partial charge in [0.15, 0.2) is 4.90 Å². The maximum absolute atomic E-state index is 12.4. The first-order valence-corrected chi connectivity index (χ1v) is 7.80. The van der Waals surface area contributed by atoms with Gasteiger partial charge in [0.05, 0.1) is 11.0 Å². The summed E-state index contributed by atoms with van der Waals surface area (Å²) in [4.78, 5) is 9.99. The topological polar surface area (TPSA) is 113 Å². The normalized spacial score (nSPS) is 13.2. The van der Waals surface area contributed by atoms with Gasteiger partial charge in [-0.05, 0) is 26.0 Å². The summed E-state index contributed by atoms with van der Waals surface area (Å²) in [5.41, 5.74) is -0.0211. The molecule has 0 aliphatic rings. The number of benzene rings is 1. The summed E-state index contributed by atoms with van der Waals surface area (Å²) in [5.74, 6) is 0. The van der Waals surface area contributed by atoms with Crippen LogP contribution in [0.25, 0.3) is 0 Å². The van der Waals surface area contributed by atoms with Crippen LogP contribution in [0.5, 0.6) is 0 Å². The van der Waals surface area contributed by atoms with E-state index in [0.29, 0.717) is 12.2 Å².